The maximum absolute atomic E-state index is 12.9. The number of para-hydroxylation sites is 1. The maximum Gasteiger partial charge on any atom is 0.573 e. The van der Waals surface area contributed by atoms with Gasteiger partial charge in [0.2, 0.25) is 11.8 Å². The number of nitrogens with one attached hydrogen (secondary N) is 2. The van der Waals surface area contributed by atoms with Gasteiger partial charge in [0.15, 0.2) is 5.75 Å². The molecule has 3 amide bonds. The first-order chi connectivity index (χ1) is 17.6. The number of nitrogens with zero attached hydrogens (tertiary/aromatic N) is 3. The van der Waals surface area contributed by atoms with Crippen LogP contribution in [0.1, 0.15) is 16.8 Å². The number of hydrogen-bond donors (Lipinski definition) is 2. The predicted octanol–water partition coefficient (Wildman–Crippen LogP) is 3.24. The van der Waals surface area contributed by atoms with Gasteiger partial charge in [-0.1, -0.05) is 24.3 Å². The van der Waals surface area contributed by atoms with Gasteiger partial charge in [-0.15, -0.1) is 13.2 Å². The number of aromatic nitrogens is 1. The molecule has 2 heterocycles. The molecule has 0 saturated carbocycles. The molecule has 1 fully saturated rings. The molecule has 1 saturated heterocycles. The number of fused-ring (bicyclic) bond motifs is 1. The van der Waals surface area contributed by atoms with Gasteiger partial charge in [-0.3, -0.25) is 19.4 Å². The number of carbonyl (C=O) groups excluding carboxylic acids is 3. The molecule has 0 radical (unpaired) electrons. The molecular formula is C25H20F3N5O4. The molecule has 190 valence electrons. The summed E-state index contributed by atoms with van der Waals surface area (Å²) in [5, 5.41) is 14.8. The minimum absolute atomic E-state index is 0.0171. The van der Waals surface area contributed by atoms with Gasteiger partial charge in [0, 0.05) is 29.4 Å². The molecule has 0 aliphatic carbocycles. The number of carbonyl (C=O) groups is 3. The van der Waals surface area contributed by atoms with Crippen molar-refractivity contribution in [2.45, 2.75) is 18.8 Å². The summed E-state index contributed by atoms with van der Waals surface area (Å²) in [6, 6.07) is 15.0. The number of alkyl halides is 3. The van der Waals surface area contributed by atoms with E-state index >= 15 is 0 Å². The third-order valence-electron chi connectivity index (χ3n) is 5.74. The van der Waals surface area contributed by atoms with Crippen molar-refractivity contribution in [1.82, 2.24) is 15.2 Å². The van der Waals surface area contributed by atoms with Crippen molar-refractivity contribution in [3.63, 3.8) is 0 Å². The van der Waals surface area contributed by atoms with E-state index in [1.54, 1.807) is 30.3 Å². The van der Waals surface area contributed by atoms with Crippen LogP contribution < -0.4 is 15.4 Å². The molecule has 0 bridgehead atoms. The van der Waals surface area contributed by atoms with Crippen molar-refractivity contribution in [3.8, 4) is 11.8 Å². The Kier molecular flexibility index (Phi) is 7.24. The number of pyridine rings is 1. The second-order valence-corrected chi connectivity index (χ2v) is 8.26. The normalized spacial score (nSPS) is 17.2. The molecule has 1 aliphatic rings. The largest absolute Gasteiger partial charge is 0.573 e. The fraction of sp³-hybridized carbons (Fsp3) is 0.240. The first-order valence-electron chi connectivity index (χ1n) is 11.1. The van der Waals surface area contributed by atoms with E-state index in [2.05, 4.69) is 20.4 Å². The maximum atomic E-state index is 12.9. The number of ether oxygens (including phenoxy) is 1. The Bertz CT molecular complexity index is 1370. The van der Waals surface area contributed by atoms with E-state index in [1.807, 2.05) is 6.07 Å². The van der Waals surface area contributed by atoms with Crippen LogP contribution in [-0.4, -0.2) is 53.1 Å². The van der Waals surface area contributed by atoms with E-state index in [4.69, 9.17) is 0 Å². The van der Waals surface area contributed by atoms with Crippen molar-refractivity contribution in [2.75, 3.05) is 18.4 Å². The SMILES string of the molecule is N#CC1CC(C(=O)Nc2ccccc2)CN1C(=O)CNC(=O)c1cc(OC(F)(F)F)c2ncccc2c1. The van der Waals surface area contributed by atoms with Crippen LogP contribution in [0.3, 0.4) is 0 Å². The molecule has 4 rings (SSSR count). The van der Waals surface area contributed by atoms with Gasteiger partial charge >= 0.3 is 6.36 Å². The summed E-state index contributed by atoms with van der Waals surface area (Å²) in [6.07, 6.45) is -3.58. The number of nitriles is 1. The zero-order chi connectivity index (χ0) is 26.6. The average Bonchev–Trinajstić information content (AvgIpc) is 3.31. The van der Waals surface area contributed by atoms with Gasteiger partial charge in [0.05, 0.1) is 18.5 Å². The number of anilines is 1. The van der Waals surface area contributed by atoms with Crippen LogP contribution in [0.2, 0.25) is 0 Å². The summed E-state index contributed by atoms with van der Waals surface area (Å²) in [5.74, 6) is -3.05. The monoisotopic (exact) mass is 511 g/mol. The van der Waals surface area contributed by atoms with Crippen LogP contribution in [0.25, 0.3) is 10.9 Å². The van der Waals surface area contributed by atoms with Crippen molar-refractivity contribution >= 4 is 34.3 Å². The minimum atomic E-state index is -5.00. The fourth-order valence-electron chi connectivity index (χ4n) is 4.04. The number of amides is 3. The topological polar surface area (TPSA) is 124 Å². The van der Waals surface area contributed by atoms with Gasteiger partial charge in [-0.2, -0.15) is 5.26 Å². The number of halogens is 3. The highest BCUT2D eigenvalue weighted by Gasteiger charge is 2.39. The Morgan fingerprint density at radius 2 is 1.89 bits per heavy atom. The van der Waals surface area contributed by atoms with Crippen molar-refractivity contribution in [2.24, 2.45) is 5.92 Å². The fourth-order valence-corrected chi connectivity index (χ4v) is 4.04. The average molecular weight is 511 g/mol. The Labute approximate surface area is 208 Å². The highest BCUT2D eigenvalue weighted by atomic mass is 19.4. The van der Waals surface area contributed by atoms with Gasteiger partial charge in [0.25, 0.3) is 5.91 Å². The highest BCUT2D eigenvalue weighted by Crippen LogP contribution is 2.31. The molecular weight excluding hydrogens is 491 g/mol. The predicted molar refractivity (Wildman–Crippen MR) is 125 cm³/mol. The molecule has 1 aromatic heterocycles. The van der Waals surface area contributed by atoms with Gasteiger partial charge < -0.3 is 20.3 Å². The number of likely N-dealkylation sites (tertiary alicyclic amines) is 1. The van der Waals surface area contributed by atoms with Crippen LogP contribution in [0.15, 0.2) is 60.8 Å². The summed E-state index contributed by atoms with van der Waals surface area (Å²) in [7, 11) is 0. The first-order valence-corrected chi connectivity index (χ1v) is 11.1. The molecule has 2 aromatic carbocycles. The Morgan fingerprint density at radius 1 is 1.14 bits per heavy atom. The lowest BCUT2D eigenvalue weighted by Gasteiger charge is -2.20. The van der Waals surface area contributed by atoms with Crippen LogP contribution in [0.4, 0.5) is 18.9 Å². The van der Waals surface area contributed by atoms with Gasteiger partial charge in [-0.05, 0) is 36.8 Å². The van der Waals surface area contributed by atoms with Crippen molar-refractivity contribution in [3.05, 3.63) is 66.4 Å². The lowest BCUT2D eigenvalue weighted by molar-refractivity contribution is -0.274. The Balaban J connectivity index is 1.42. The molecule has 2 unspecified atom stereocenters. The molecule has 12 heteroatoms. The molecule has 0 spiro atoms. The smallest absolute Gasteiger partial charge is 0.403 e. The molecule has 3 aromatic rings. The lowest BCUT2D eigenvalue weighted by Crippen LogP contribution is -2.42. The summed E-state index contributed by atoms with van der Waals surface area (Å²) >= 11 is 0. The van der Waals surface area contributed by atoms with Crippen LogP contribution in [-0.2, 0) is 9.59 Å². The van der Waals surface area contributed by atoms with E-state index in [0.29, 0.717) is 5.69 Å². The first kappa shape index (κ1) is 25.4. The van der Waals surface area contributed by atoms with Crippen LogP contribution in [0.5, 0.6) is 5.75 Å². The molecule has 9 nitrogen and oxygen atoms in total. The van der Waals surface area contributed by atoms with E-state index in [1.165, 1.54) is 29.3 Å². The summed E-state index contributed by atoms with van der Waals surface area (Å²) in [5.41, 5.74) is 0.324. The van der Waals surface area contributed by atoms with E-state index in [-0.39, 0.29) is 35.3 Å². The summed E-state index contributed by atoms with van der Waals surface area (Å²) < 4.78 is 42.6. The van der Waals surface area contributed by atoms with Gasteiger partial charge in [0.1, 0.15) is 11.6 Å². The number of hydrogen-bond acceptors (Lipinski definition) is 6. The molecule has 2 N–H and O–H groups in total. The van der Waals surface area contributed by atoms with E-state index in [9.17, 15) is 32.8 Å². The second kappa shape index (κ2) is 10.5. The van der Waals surface area contributed by atoms with Crippen molar-refractivity contribution in [1.29, 1.82) is 5.26 Å². The molecule has 1 aliphatic heterocycles. The highest BCUT2D eigenvalue weighted by molar-refractivity contribution is 6.01. The zero-order valence-electron chi connectivity index (χ0n) is 19.2. The summed E-state index contributed by atoms with van der Waals surface area (Å²) in [4.78, 5) is 43.2. The minimum Gasteiger partial charge on any atom is -0.403 e. The number of rotatable bonds is 6. The van der Waals surface area contributed by atoms with E-state index < -0.39 is 42.4 Å². The van der Waals surface area contributed by atoms with Gasteiger partial charge in [-0.25, -0.2) is 0 Å². The Morgan fingerprint density at radius 3 is 2.59 bits per heavy atom. The third kappa shape index (κ3) is 6.13. The standard InChI is InChI=1S/C25H20F3N5O4/c26-25(27,28)37-20-11-16(9-15-5-4-8-30-22(15)20)23(35)31-13-21(34)33-14-17(10-19(33)12-29)24(36)32-18-6-2-1-3-7-18/h1-9,11,17,19H,10,13-14H2,(H,31,35)(H,32,36). The van der Waals surface area contributed by atoms with Crippen LogP contribution in [0, 0.1) is 17.2 Å². The quantitative estimate of drug-likeness (QED) is 0.524. The second-order valence-electron chi connectivity index (χ2n) is 8.26. The van der Waals surface area contributed by atoms with Crippen molar-refractivity contribution < 1.29 is 32.3 Å². The molecule has 37 heavy (non-hydrogen) atoms. The van der Waals surface area contributed by atoms with E-state index in [0.717, 1.165) is 6.07 Å². The Hall–Kier alpha value is -4.66. The molecule has 2 atom stereocenters. The van der Waals surface area contributed by atoms with Crippen LogP contribution >= 0.6 is 0 Å². The number of benzene rings is 2. The lowest BCUT2D eigenvalue weighted by atomic mass is 10.1. The zero-order valence-corrected chi connectivity index (χ0v) is 19.2. The third-order valence-corrected chi connectivity index (χ3v) is 5.74. The summed E-state index contributed by atoms with van der Waals surface area (Å²) in [6.45, 7) is -0.540.